The Morgan fingerprint density at radius 1 is 1.19 bits per heavy atom. The van der Waals surface area contributed by atoms with Crippen LogP contribution in [0.1, 0.15) is 37.8 Å². The third-order valence-electron chi connectivity index (χ3n) is 2.84. The highest BCUT2D eigenvalue weighted by Gasteiger charge is 2.30. The molecule has 0 atom stereocenters. The maximum atomic E-state index is 12.6. The first-order valence-electron chi connectivity index (χ1n) is 7.15. The highest BCUT2D eigenvalue weighted by molar-refractivity contribution is 5.79. The summed E-state index contributed by atoms with van der Waals surface area (Å²) in [6, 6.07) is 5.26. The molecule has 0 spiro atoms. The molecule has 1 aromatic rings. The Balaban J connectivity index is 2.71. The van der Waals surface area contributed by atoms with Gasteiger partial charge in [0, 0.05) is 13.1 Å². The monoisotopic (exact) mass is 301 g/mol. The van der Waals surface area contributed by atoms with Gasteiger partial charge in [0.25, 0.3) is 0 Å². The maximum Gasteiger partial charge on any atom is 0.416 e. The Morgan fingerprint density at radius 3 is 2.57 bits per heavy atom. The van der Waals surface area contributed by atoms with Gasteiger partial charge in [0.2, 0.25) is 0 Å². The maximum absolute atomic E-state index is 12.6. The largest absolute Gasteiger partial charge is 0.416 e. The number of nitrogens with zero attached hydrogens (tertiary/aromatic N) is 1. The van der Waals surface area contributed by atoms with Gasteiger partial charge >= 0.3 is 6.18 Å². The Hall–Kier alpha value is -1.72. The molecule has 118 valence electrons. The zero-order valence-corrected chi connectivity index (χ0v) is 12.4. The first-order valence-corrected chi connectivity index (χ1v) is 7.15. The van der Waals surface area contributed by atoms with Crippen LogP contribution in [0.15, 0.2) is 29.3 Å². The predicted molar refractivity (Wildman–Crippen MR) is 79.2 cm³/mol. The van der Waals surface area contributed by atoms with Gasteiger partial charge in [0.1, 0.15) is 0 Å². The van der Waals surface area contributed by atoms with Gasteiger partial charge in [-0.05, 0) is 31.0 Å². The Kier molecular flexibility index (Phi) is 7.05. The molecule has 2 N–H and O–H groups in total. The van der Waals surface area contributed by atoms with E-state index in [0.717, 1.165) is 31.5 Å². The van der Waals surface area contributed by atoms with Gasteiger partial charge in [0.15, 0.2) is 5.96 Å². The fourth-order valence-electron chi connectivity index (χ4n) is 1.74. The lowest BCUT2D eigenvalue weighted by molar-refractivity contribution is -0.137. The molecule has 21 heavy (non-hydrogen) atoms. The van der Waals surface area contributed by atoms with Crippen molar-refractivity contribution in [1.29, 1.82) is 0 Å². The molecule has 0 aliphatic rings. The molecule has 0 aromatic heterocycles. The minimum Gasteiger partial charge on any atom is -0.357 e. The smallest absolute Gasteiger partial charge is 0.357 e. The zero-order valence-electron chi connectivity index (χ0n) is 12.4. The molecule has 1 rings (SSSR count). The molecule has 0 amide bonds. The van der Waals surface area contributed by atoms with Crippen molar-refractivity contribution in [1.82, 2.24) is 10.6 Å². The van der Waals surface area contributed by atoms with Gasteiger partial charge in [-0.2, -0.15) is 13.2 Å². The summed E-state index contributed by atoms with van der Waals surface area (Å²) in [5.74, 6) is 0.628. The molecule has 0 unspecified atom stereocenters. The number of aliphatic imine (C=N–C) groups is 1. The molecule has 0 saturated heterocycles. The van der Waals surface area contributed by atoms with Crippen LogP contribution in [0, 0.1) is 0 Å². The van der Waals surface area contributed by atoms with Crippen molar-refractivity contribution in [2.75, 3.05) is 13.1 Å². The van der Waals surface area contributed by atoms with E-state index in [1.165, 1.54) is 6.07 Å². The minimum absolute atomic E-state index is 0.214. The van der Waals surface area contributed by atoms with Crippen LogP contribution < -0.4 is 10.6 Å². The molecule has 0 fully saturated rings. The number of hydrogen-bond donors (Lipinski definition) is 2. The van der Waals surface area contributed by atoms with Crippen LogP contribution in [0.2, 0.25) is 0 Å². The fourth-order valence-corrected chi connectivity index (χ4v) is 1.74. The second kappa shape index (κ2) is 8.54. The summed E-state index contributed by atoms with van der Waals surface area (Å²) in [5.41, 5.74) is -0.100. The fraction of sp³-hybridized carbons (Fsp3) is 0.533. The van der Waals surface area contributed by atoms with Crippen LogP contribution >= 0.6 is 0 Å². The van der Waals surface area contributed by atoms with Gasteiger partial charge in [-0.1, -0.05) is 25.5 Å². The summed E-state index contributed by atoms with van der Waals surface area (Å²) in [6.07, 6.45) is -2.22. The summed E-state index contributed by atoms with van der Waals surface area (Å²) < 4.78 is 37.9. The van der Waals surface area contributed by atoms with Crippen molar-refractivity contribution in [3.05, 3.63) is 35.4 Å². The van der Waals surface area contributed by atoms with E-state index in [1.54, 1.807) is 6.07 Å². The van der Waals surface area contributed by atoms with Gasteiger partial charge in [0.05, 0.1) is 12.1 Å². The molecule has 6 heteroatoms. The number of benzene rings is 1. The second-order valence-corrected chi connectivity index (χ2v) is 4.67. The minimum atomic E-state index is -4.32. The van der Waals surface area contributed by atoms with E-state index < -0.39 is 11.7 Å². The van der Waals surface area contributed by atoms with Crippen molar-refractivity contribution in [2.24, 2.45) is 4.99 Å². The van der Waals surface area contributed by atoms with E-state index in [0.29, 0.717) is 18.1 Å². The number of hydrogen-bond acceptors (Lipinski definition) is 1. The average Bonchev–Trinajstić information content (AvgIpc) is 2.44. The average molecular weight is 301 g/mol. The van der Waals surface area contributed by atoms with Crippen LogP contribution in [0.25, 0.3) is 0 Å². The predicted octanol–water partition coefficient (Wildman–Crippen LogP) is 3.56. The number of rotatable bonds is 6. The van der Waals surface area contributed by atoms with Gasteiger partial charge in [-0.3, -0.25) is 0 Å². The van der Waals surface area contributed by atoms with E-state index in [1.807, 2.05) is 6.92 Å². The molecule has 1 aromatic carbocycles. The highest BCUT2D eigenvalue weighted by atomic mass is 19.4. The normalized spacial score (nSPS) is 12.3. The van der Waals surface area contributed by atoms with Crippen LogP contribution in [0.4, 0.5) is 13.2 Å². The summed E-state index contributed by atoms with van der Waals surface area (Å²) in [6.45, 7) is 5.76. The molecule has 3 nitrogen and oxygen atoms in total. The first kappa shape index (κ1) is 17.3. The number of unbranched alkanes of at least 4 members (excludes halogenated alkanes) is 1. The third-order valence-corrected chi connectivity index (χ3v) is 2.84. The van der Waals surface area contributed by atoms with Crippen molar-refractivity contribution in [3.63, 3.8) is 0 Å². The van der Waals surface area contributed by atoms with Gasteiger partial charge in [-0.25, -0.2) is 4.99 Å². The lowest BCUT2D eigenvalue weighted by atomic mass is 10.1. The summed E-state index contributed by atoms with van der Waals surface area (Å²) in [5, 5.41) is 6.23. The number of alkyl halides is 3. The lowest BCUT2D eigenvalue weighted by Crippen LogP contribution is -2.37. The van der Waals surface area contributed by atoms with Crippen molar-refractivity contribution in [2.45, 2.75) is 39.4 Å². The molecule has 0 aliphatic heterocycles. The van der Waals surface area contributed by atoms with E-state index in [-0.39, 0.29) is 6.54 Å². The van der Waals surface area contributed by atoms with Crippen LogP contribution in [0.3, 0.4) is 0 Å². The van der Waals surface area contributed by atoms with E-state index >= 15 is 0 Å². The molecule has 0 radical (unpaired) electrons. The van der Waals surface area contributed by atoms with E-state index in [9.17, 15) is 13.2 Å². The molecule has 0 saturated carbocycles. The van der Waals surface area contributed by atoms with Crippen LogP contribution in [-0.4, -0.2) is 19.0 Å². The second-order valence-electron chi connectivity index (χ2n) is 4.67. The summed E-state index contributed by atoms with van der Waals surface area (Å²) >= 11 is 0. The highest BCUT2D eigenvalue weighted by Crippen LogP contribution is 2.29. The van der Waals surface area contributed by atoms with Gasteiger partial charge < -0.3 is 10.6 Å². The molecule has 0 bridgehead atoms. The third kappa shape index (κ3) is 6.51. The Labute approximate surface area is 123 Å². The number of halogens is 3. The Bertz CT molecular complexity index is 456. The van der Waals surface area contributed by atoms with Crippen molar-refractivity contribution < 1.29 is 13.2 Å². The SMILES string of the molecule is CCCCNC(=NCc1cccc(C(F)(F)F)c1)NCC. The zero-order chi connectivity index (χ0) is 15.7. The quantitative estimate of drug-likeness (QED) is 0.479. The van der Waals surface area contributed by atoms with E-state index in [2.05, 4.69) is 22.5 Å². The van der Waals surface area contributed by atoms with Crippen LogP contribution in [0.5, 0.6) is 0 Å². The first-order chi connectivity index (χ1) is 9.97. The van der Waals surface area contributed by atoms with Gasteiger partial charge in [-0.15, -0.1) is 0 Å². The summed E-state index contributed by atoms with van der Waals surface area (Å²) in [7, 11) is 0. The summed E-state index contributed by atoms with van der Waals surface area (Å²) in [4.78, 5) is 4.31. The van der Waals surface area contributed by atoms with Crippen molar-refractivity contribution in [3.8, 4) is 0 Å². The molecular formula is C15H22F3N3. The molecule has 0 aliphatic carbocycles. The Morgan fingerprint density at radius 2 is 1.95 bits per heavy atom. The number of nitrogens with one attached hydrogen (secondary N) is 2. The molecule has 0 heterocycles. The number of guanidine groups is 1. The van der Waals surface area contributed by atoms with Crippen molar-refractivity contribution >= 4 is 5.96 Å². The van der Waals surface area contributed by atoms with E-state index in [4.69, 9.17) is 0 Å². The topological polar surface area (TPSA) is 36.4 Å². The standard InChI is InChI=1S/C15H22F3N3/c1-3-5-9-20-14(19-4-2)21-11-12-7-6-8-13(10-12)15(16,17)18/h6-8,10H,3-5,9,11H2,1-2H3,(H2,19,20,21). The van der Waals surface area contributed by atoms with Crippen LogP contribution in [-0.2, 0) is 12.7 Å². The lowest BCUT2D eigenvalue weighted by Gasteiger charge is -2.11. The molecular weight excluding hydrogens is 279 g/mol.